The van der Waals surface area contributed by atoms with E-state index in [1.807, 2.05) is 0 Å². The fourth-order valence-electron chi connectivity index (χ4n) is 5.62. The van der Waals surface area contributed by atoms with Gasteiger partial charge in [-0.25, -0.2) is 0 Å². The van der Waals surface area contributed by atoms with Gasteiger partial charge >= 0.3 is 0 Å². The molecule has 1 nitrogen and oxygen atoms in total. The number of aryl methyl sites for hydroxylation is 2. The quantitative estimate of drug-likeness (QED) is 0.279. The lowest BCUT2D eigenvalue weighted by molar-refractivity contribution is 0.503. The molecule has 0 amide bonds. The summed E-state index contributed by atoms with van der Waals surface area (Å²) >= 11 is 0. The zero-order valence-corrected chi connectivity index (χ0v) is 21.6. The Balaban J connectivity index is 1.63. The molecule has 0 fully saturated rings. The van der Waals surface area contributed by atoms with Crippen LogP contribution in [-0.4, -0.2) is 11.3 Å². The van der Waals surface area contributed by atoms with Crippen molar-refractivity contribution in [3.63, 3.8) is 0 Å². The molecule has 4 aromatic carbocycles. The van der Waals surface area contributed by atoms with Crippen LogP contribution in [0.5, 0.6) is 0 Å². The molecule has 1 unspecified atom stereocenters. The molecule has 37 heavy (non-hydrogen) atoms. The van der Waals surface area contributed by atoms with Crippen LogP contribution in [0.1, 0.15) is 46.2 Å². The smallest absolute Gasteiger partial charge is 0.0945 e. The number of dihydropyridines is 1. The van der Waals surface area contributed by atoms with E-state index in [9.17, 15) is 0 Å². The Morgan fingerprint density at radius 2 is 1.19 bits per heavy atom. The summed E-state index contributed by atoms with van der Waals surface area (Å²) in [4.78, 5) is 5.68. The molecule has 0 saturated carbocycles. The lowest BCUT2D eigenvalue weighted by atomic mass is 9.67. The first-order valence-electron chi connectivity index (χ1n) is 13.0. The molecule has 0 saturated heterocycles. The molecule has 0 bridgehead atoms. The highest BCUT2D eigenvalue weighted by atomic mass is 14.9. The summed E-state index contributed by atoms with van der Waals surface area (Å²) in [6.45, 7) is 6.59. The summed E-state index contributed by atoms with van der Waals surface area (Å²) in [6, 6.07) is 39.1. The third-order valence-electron chi connectivity index (χ3n) is 7.72. The summed E-state index contributed by atoms with van der Waals surface area (Å²) in [5.41, 5.74) is 11.7. The van der Waals surface area contributed by atoms with Crippen molar-refractivity contribution in [2.75, 3.05) is 0 Å². The largest absolute Gasteiger partial charge is 0.272 e. The molecule has 0 N–H and O–H groups in total. The standard InChI is InChI=1S/C36H31N/c1-25-14-18-28(19-15-25)31-22-23-33(29-20-16-26(2)17-21-29)36(3)34(31)24-32(27-10-6-4-7-11-27)35(37-36)30-12-8-5-9-13-30/h4-24,33H,1-3H3/t33?,36-/m0/s1. The maximum atomic E-state index is 5.68. The molecule has 1 heterocycles. The van der Waals surface area contributed by atoms with E-state index in [0.717, 1.165) is 11.3 Å². The Morgan fingerprint density at radius 3 is 1.81 bits per heavy atom. The van der Waals surface area contributed by atoms with Crippen molar-refractivity contribution in [3.8, 4) is 0 Å². The lowest BCUT2D eigenvalue weighted by Crippen LogP contribution is -2.38. The van der Waals surface area contributed by atoms with Gasteiger partial charge in [0.05, 0.1) is 11.3 Å². The molecule has 0 radical (unpaired) electrons. The molecule has 6 rings (SSSR count). The van der Waals surface area contributed by atoms with Gasteiger partial charge in [-0.2, -0.15) is 0 Å². The molecular weight excluding hydrogens is 446 g/mol. The molecule has 2 atom stereocenters. The predicted octanol–water partition coefficient (Wildman–Crippen LogP) is 8.76. The fourth-order valence-corrected chi connectivity index (χ4v) is 5.62. The normalized spacial score (nSPS) is 20.8. The Morgan fingerprint density at radius 1 is 0.622 bits per heavy atom. The van der Waals surface area contributed by atoms with Crippen LogP contribution in [0, 0.1) is 13.8 Å². The SMILES string of the molecule is Cc1ccc(C2=C3C=C(c4ccccc4)C(c4ccccc4)=N[C@@]3(C)C(c3ccc(C)cc3)C=C2)cc1. The third-order valence-corrected chi connectivity index (χ3v) is 7.72. The number of hydrogen-bond donors (Lipinski definition) is 0. The summed E-state index contributed by atoms with van der Waals surface area (Å²) in [7, 11) is 0. The molecule has 4 aromatic rings. The minimum Gasteiger partial charge on any atom is -0.272 e. The van der Waals surface area contributed by atoms with Crippen LogP contribution >= 0.6 is 0 Å². The van der Waals surface area contributed by atoms with Gasteiger partial charge in [0.15, 0.2) is 0 Å². The summed E-state index contributed by atoms with van der Waals surface area (Å²) in [6.07, 6.45) is 7.08. The highest BCUT2D eigenvalue weighted by Gasteiger charge is 2.43. The molecule has 180 valence electrons. The molecule has 1 aliphatic heterocycles. The van der Waals surface area contributed by atoms with Crippen molar-refractivity contribution < 1.29 is 0 Å². The monoisotopic (exact) mass is 477 g/mol. The Kier molecular flexibility index (Phi) is 5.85. The van der Waals surface area contributed by atoms with E-state index in [-0.39, 0.29) is 5.92 Å². The van der Waals surface area contributed by atoms with Crippen LogP contribution in [-0.2, 0) is 0 Å². The molecule has 0 aromatic heterocycles. The van der Waals surface area contributed by atoms with Crippen molar-refractivity contribution in [1.82, 2.24) is 0 Å². The second kappa shape index (κ2) is 9.33. The molecule has 0 spiro atoms. The number of allylic oxidation sites excluding steroid dienone is 3. The van der Waals surface area contributed by atoms with Gasteiger partial charge in [-0.1, -0.05) is 132 Å². The van der Waals surface area contributed by atoms with E-state index >= 15 is 0 Å². The average molecular weight is 478 g/mol. The van der Waals surface area contributed by atoms with Crippen molar-refractivity contribution in [2.24, 2.45) is 4.99 Å². The second-order valence-electron chi connectivity index (χ2n) is 10.3. The highest BCUT2D eigenvalue weighted by Crippen LogP contribution is 2.50. The van der Waals surface area contributed by atoms with Crippen LogP contribution in [0.4, 0.5) is 0 Å². The maximum Gasteiger partial charge on any atom is 0.0945 e. The maximum absolute atomic E-state index is 5.68. The second-order valence-corrected chi connectivity index (χ2v) is 10.3. The number of hydrogen-bond acceptors (Lipinski definition) is 1. The van der Waals surface area contributed by atoms with Gasteiger partial charge in [-0.3, -0.25) is 4.99 Å². The first kappa shape index (κ1) is 23.2. The van der Waals surface area contributed by atoms with Crippen LogP contribution in [0.2, 0.25) is 0 Å². The van der Waals surface area contributed by atoms with E-state index in [1.54, 1.807) is 0 Å². The number of nitrogens with zero attached hydrogens (tertiary/aromatic N) is 1. The molecule has 1 heteroatoms. The summed E-state index contributed by atoms with van der Waals surface area (Å²) in [5, 5.41) is 0. The van der Waals surface area contributed by atoms with Crippen LogP contribution in [0.25, 0.3) is 11.1 Å². The van der Waals surface area contributed by atoms with Crippen molar-refractivity contribution in [2.45, 2.75) is 32.2 Å². The number of benzene rings is 4. The Bertz CT molecular complexity index is 1550. The average Bonchev–Trinajstić information content (AvgIpc) is 2.94. The topological polar surface area (TPSA) is 12.4 Å². The third kappa shape index (κ3) is 4.21. The summed E-state index contributed by atoms with van der Waals surface area (Å²) < 4.78 is 0. The number of aliphatic imine (C=N–C) groups is 1. The van der Waals surface area contributed by atoms with E-state index in [2.05, 4.69) is 148 Å². The van der Waals surface area contributed by atoms with E-state index in [0.29, 0.717) is 0 Å². The van der Waals surface area contributed by atoms with Gasteiger partial charge in [0, 0.05) is 17.1 Å². The van der Waals surface area contributed by atoms with E-state index < -0.39 is 5.54 Å². The van der Waals surface area contributed by atoms with E-state index in [1.165, 1.54) is 44.5 Å². The Labute approximate surface area is 220 Å². The van der Waals surface area contributed by atoms with Crippen molar-refractivity contribution >= 4 is 16.9 Å². The van der Waals surface area contributed by atoms with Gasteiger partial charge in [0.2, 0.25) is 0 Å². The highest BCUT2D eigenvalue weighted by molar-refractivity contribution is 6.33. The van der Waals surface area contributed by atoms with Gasteiger partial charge in [-0.05, 0) is 54.7 Å². The van der Waals surface area contributed by atoms with Crippen molar-refractivity contribution in [3.05, 3.63) is 166 Å². The summed E-state index contributed by atoms with van der Waals surface area (Å²) in [5.74, 6) is 0.129. The predicted molar refractivity (Wildman–Crippen MR) is 157 cm³/mol. The Hall–Kier alpha value is -4.23. The van der Waals surface area contributed by atoms with Gasteiger partial charge in [0.1, 0.15) is 0 Å². The number of rotatable bonds is 4. The molecule has 2 aliphatic rings. The fraction of sp³-hybridized carbons (Fsp3) is 0.139. The van der Waals surface area contributed by atoms with Gasteiger partial charge in [-0.15, -0.1) is 0 Å². The minimum absolute atomic E-state index is 0.129. The zero-order valence-electron chi connectivity index (χ0n) is 21.6. The molecule has 1 aliphatic carbocycles. The van der Waals surface area contributed by atoms with Crippen molar-refractivity contribution in [1.29, 1.82) is 0 Å². The zero-order chi connectivity index (χ0) is 25.4. The number of fused-ring (bicyclic) bond motifs is 1. The van der Waals surface area contributed by atoms with Crippen LogP contribution in [0.15, 0.2) is 138 Å². The van der Waals surface area contributed by atoms with Crippen LogP contribution in [0.3, 0.4) is 0 Å². The van der Waals surface area contributed by atoms with E-state index in [4.69, 9.17) is 4.99 Å². The lowest BCUT2D eigenvalue weighted by Gasteiger charge is -2.42. The minimum atomic E-state index is -0.451. The van der Waals surface area contributed by atoms with Gasteiger partial charge in [0.25, 0.3) is 0 Å². The van der Waals surface area contributed by atoms with Crippen LogP contribution < -0.4 is 0 Å². The molecular formula is C36H31N. The van der Waals surface area contributed by atoms with Gasteiger partial charge < -0.3 is 0 Å². The first-order valence-corrected chi connectivity index (χ1v) is 13.0. The first-order chi connectivity index (χ1) is 18.0.